The summed E-state index contributed by atoms with van der Waals surface area (Å²) in [5.74, 6) is -0.00752. The minimum absolute atomic E-state index is 0.0628. The predicted octanol–water partition coefficient (Wildman–Crippen LogP) is 4.46. The van der Waals surface area contributed by atoms with E-state index in [-0.39, 0.29) is 42.4 Å². The number of ether oxygens (including phenoxy) is 1. The lowest BCUT2D eigenvalue weighted by molar-refractivity contribution is -0.274. The van der Waals surface area contributed by atoms with Gasteiger partial charge in [-0.2, -0.15) is 0 Å². The second-order valence-corrected chi connectivity index (χ2v) is 9.14. The van der Waals surface area contributed by atoms with Gasteiger partial charge in [0.2, 0.25) is 0 Å². The van der Waals surface area contributed by atoms with Crippen LogP contribution >= 0.6 is 0 Å². The molecule has 1 aliphatic heterocycles. The smallest absolute Gasteiger partial charge is 0.406 e. The van der Waals surface area contributed by atoms with Gasteiger partial charge in [0.15, 0.2) is 0 Å². The number of carbonyl (C=O) groups is 2. The van der Waals surface area contributed by atoms with E-state index in [2.05, 4.69) is 22.3 Å². The first-order valence-electron chi connectivity index (χ1n) is 11.4. The van der Waals surface area contributed by atoms with E-state index in [9.17, 15) is 22.8 Å². The Hall–Kier alpha value is -3.17. The molecular weight excluding hydrogens is 449 g/mol. The summed E-state index contributed by atoms with van der Waals surface area (Å²) in [6.07, 6.45) is -2.04. The van der Waals surface area contributed by atoms with Crippen molar-refractivity contribution < 1.29 is 27.5 Å². The number of fused-ring (bicyclic) bond motifs is 1. The SMILES string of the molecule is CNC(=O)N1CC(C)CC(N(C(=O)NCc2ccc3ccc(OC(F)(F)F)cc3c2)C2CC2)C1. The molecule has 7 nitrogen and oxygen atoms in total. The van der Waals surface area contributed by atoms with Crippen LogP contribution in [0.5, 0.6) is 5.75 Å². The number of amides is 4. The van der Waals surface area contributed by atoms with Gasteiger partial charge in [-0.1, -0.05) is 25.1 Å². The van der Waals surface area contributed by atoms with Crippen LogP contribution in [0.15, 0.2) is 36.4 Å². The average Bonchev–Trinajstić information content (AvgIpc) is 3.60. The van der Waals surface area contributed by atoms with Crippen LogP contribution in [0.1, 0.15) is 31.7 Å². The summed E-state index contributed by atoms with van der Waals surface area (Å²) in [6.45, 7) is 3.47. The number of benzene rings is 2. The Morgan fingerprint density at radius 1 is 1.09 bits per heavy atom. The topological polar surface area (TPSA) is 73.9 Å². The van der Waals surface area contributed by atoms with Crippen molar-refractivity contribution in [3.63, 3.8) is 0 Å². The Morgan fingerprint density at radius 2 is 1.82 bits per heavy atom. The molecule has 0 aromatic heterocycles. The summed E-state index contributed by atoms with van der Waals surface area (Å²) in [4.78, 5) is 29.0. The largest absolute Gasteiger partial charge is 0.573 e. The van der Waals surface area contributed by atoms with Crippen LogP contribution in [-0.4, -0.2) is 60.4 Å². The van der Waals surface area contributed by atoms with Crippen molar-refractivity contribution in [1.29, 1.82) is 0 Å². The monoisotopic (exact) mass is 478 g/mol. The molecule has 2 aliphatic rings. The van der Waals surface area contributed by atoms with Gasteiger partial charge in [0.05, 0.1) is 6.04 Å². The summed E-state index contributed by atoms with van der Waals surface area (Å²) in [5, 5.41) is 6.99. The van der Waals surface area contributed by atoms with E-state index in [1.54, 1.807) is 30.1 Å². The molecule has 2 atom stereocenters. The number of piperidine rings is 1. The summed E-state index contributed by atoms with van der Waals surface area (Å²) in [7, 11) is 1.60. The lowest BCUT2D eigenvalue weighted by Gasteiger charge is -2.42. The maximum atomic E-state index is 13.2. The van der Waals surface area contributed by atoms with Crippen molar-refractivity contribution in [2.45, 2.75) is 51.2 Å². The molecule has 184 valence electrons. The number of carbonyl (C=O) groups excluding carboxylic acids is 2. The normalized spacial score (nSPS) is 20.7. The molecule has 2 aromatic carbocycles. The standard InChI is InChI=1S/C24H29F3N4O3/c1-15-9-20(14-30(13-15)22(32)28-2)31(19-6-7-19)23(33)29-12-16-3-4-17-5-8-21(11-18(17)10-16)34-24(25,26)27/h3-5,8,10-11,15,19-20H,6-7,9,12-14H2,1-2H3,(H,28,32)(H,29,33). The first-order valence-corrected chi connectivity index (χ1v) is 11.4. The summed E-state index contributed by atoms with van der Waals surface area (Å²) in [5.41, 5.74) is 0.768. The number of nitrogens with one attached hydrogen (secondary N) is 2. The van der Waals surface area contributed by atoms with Gasteiger partial charge in [-0.3, -0.25) is 0 Å². The number of hydrogen-bond donors (Lipinski definition) is 2. The highest BCUT2D eigenvalue weighted by atomic mass is 19.4. The molecule has 1 saturated heterocycles. The van der Waals surface area contributed by atoms with Gasteiger partial charge in [0.25, 0.3) is 0 Å². The van der Waals surface area contributed by atoms with Gasteiger partial charge < -0.3 is 25.2 Å². The number of halogens is 3. The third-order valence-electron chi connectivity index (χ3n) is 6.26. The Balaban J connectivity index is 1.44. The molecule has 2 N–H and O–H groups in total. The van der Waals surface area contributed by atoms with Crippen LogP contribution in [0.3, 0.4) is 0 Å². The van der Waals surface area contributed by atoms with Crippen molar-refractivity contribution >= 4 is 22.8 Å². The second kappa shape index (κ2) is 9.60. The van der Waals surface area contributed by atoms with Crippen LogP contribution in [-0.2, 0) is 6.54 Å². The van der Waals surface area contributed by atoms with E-state index in [1.807, 2.05) is 11.0 Å². The molecule has 2 fully saturated rings. The molecule has 2 unspecified atom stereocenters. The average molecular weight is 479 g/mol. The van der Waals surface area contributed by atoms with E-state index in [0.29, 0.717) is 18.5 Å². The van der Waals surface area contributed by atoms with Crippen LogP contribution < -0.4 is 15.4 Å². The number of likely N-dealkylation sites (tertiary alicyclic amines) is 1. The molecule has 1 saturated carbocycles. The molecule has 0 radical (unpaired) electrons. The minimum Gasteiger partial charge on any atom is -0.406 e. The maximum absolute atomic E-state index is 13.2. The van der Waals surface area contributed by atoms with E-state index < -0.39 is 6.36 Å². The first kappa shape index (κ1) is 24.0. The second-order valence-electron chi connectivity index (χ2n) is 9.14. The van der Waals surface area contributed by atoms with Crippen LogP contribution in [0.4, 0.5) is 22.8 Å². The van der Waals surface area contributed by atoms with Crippen LogP contribution in [0.2, 0.25) is 0 Å². The third kappa shape index (κ3) is 5.84. The van der Waals surface area contributed by atoms with Crippen molar-refractivity contribution in [2.75, 3.05) is 20.1 Å². The molecule has 4 amide bonds. The van der Waals surface area contributed by atoms with E-state index in [1.165, 1.54) is 12.1 Å². The lowest BCUT2D eigenvalue weighted by Crippen LogP contribution is -2.57. The highest BCUT2D eigenvalue weighted by Gasteiger charge is 2.41. The highest BCUT2D eigenvalue weighted by Crippen LogP contribution is 2.33. The Labute approximate surface area is 196 Å². The van der Waals surface area contributed by atoms with Crippen LogP contribution in [0, 0.1) is 5.92 Å². The van der Waals surface area contributed by atoms with Crippen molar-refractivity contribution in [3.8, 4) is 5.75 Å². The highest BCUT2D eigenvalue weighted by molar-refractivity contribution is 5.84. The van der Waals surface area contributed by atoms with E-state index in [0.717, 1.165) is 30.2 Å². The minimum atomic E-state index is -4.75. The van der Waals surface area contributed by atoms with E-state index in [4.69, 9.17) is 0 Å². The summed E-state index contributed by atoms with van der Waals surface area (Å²) < 4.78 is 41.6. The Bertz CT molecular complexity index is 1060. The van der Waals surface area contributed by atoms with Crippen molar-refractivity contribution in [2.24, 2.45) is 5.92 Å². The van der Waals surface area contributed by atoms with Gasteiger partial charge in [-0.15, -0.1) is 13.2 Å². The maximum Gasteiger partial charge on any atom is 0.573 e. The van der Waals surface area contributed by atoms with Gasteiger partial charge in [-0.25, -0.2) is 9.59 Å². The zero-order valence-electron chi connectivity index (χ0n) is 19.2. The van der Waals surface area contributed by atoms with Gasteiger partial charge in [-0.05, 0) is 59.7 Å². The first-order chi connectivity index (χ1) is 16.1. The fraction of sp³-hybridized carbons (Fsp3) is 0.500. The molecule has 1 aliphatic carbocycles. The summed E-state index contributed by atoms with van der Waals surface area (Å²) in [6, 6.07) is 9.34. The Kier molecular flexibility index (Phi) is 6.77. The fourth-order valence-electron chi connectivity index (χ4n) is 4.68. The number of alkyl halides is 3. The van der Waals surface area contributed by atoms with Gasteiger partial charge >= 0.3 is 18.4 Å². The zero-order chi connectivity index (χ0) is 24.5. The molecule has 10 heteroatoms. The molecule has 2 aromatic rings. The fourth-order valence-corrected chi connectivity index (χ4v) is 4.68. The Morgan fingerprint density at radius 3 is 2.50 bits per heavy atom. The summed E-state index contributed by atoms with van der Waals surface area (Å²) >= 11 is 0. The van der Waals surface area contributed by atoms with Crippen molar-refractivity contribution in [3.05, 3.63) is 42.0 Å². The lowest BCUT2D eigenvalue weighted by atomic mass is 9.95. The number of urea groups is 2. The molecule has 4 rings (SSSR count). The molecular formula is C24H29F3N4O3. The predicted molar refractivity (Wildman–Crippen MR) is 121 cm³/mol. The third-order valence-corrected chi connectivity index (χ3v) is 6.26. The number of nitrogens with zero attached hydrogens (tertiary/aromatic N) is 2. The molecule has 1 heterocycles. The molecule has 0 spiro atoms. The van der Waals surface area contributed by atoms with Crippen LogP contribution in [0.25, 0.3) is 10.8 Å². The number of rotatable bonds is 5. The molecule has 34 heavy (non-hydrogen) atoms. The van der Waals surface area contributed by atoms with E-state index >= 15 is 0 Å². The molecule has 0 bridgehead atoms. The zero-order valence-corrected chi connectivity index (χ0v) is 19.2. The van der Waals surface area contributed by atoms with Crippen molar-refractivity contribution in [1.82, 2.24) is 20.4 Å². The quantitative estimate of drug-likeness (QED) is 0.666. The van der Waals surface area contributed by atoms with Gasteiger partial charge in [0, 0.05) is 32.7 Å². The number of hydrogen-bond acceptors (Lipinski definition) is 3. The van der Waals surface area contributed by atoms with Gasteiger partial charge in [0.1, 0.15) is 5.75 Å².